The van der Waals surface area contributed by atoms with Crippen LogP contribution >= 0.6 is 0 Å². The number of nitrogens with two attached hydrogens (primary N) is 1. The van der Waals surface area contributed by atoms with Gasteiger partial charge in [0, 0.05) is 19.2 Å². The third-order valence-electron chi connectivity index (χ3n) is 1.52. The molecule has 0 saturated carbocycles. The summed E-state index contributed by atoms with van der Waals surface area (Å²) in [5, 5.41) is 3.24. The average Bonchev–Trinajstić information content (AvgIpc) is 2.47. The highest BCUT2D eigenvalue weighted by atomic mass is 19.4. The van der Waals surface area contributed by atoms with Gasteiger partial charge < -0.3 is 5.73 Å². The van der Waals surface area contributed by atoms with E-state index in [9.17, 15) is 18.0 Å². The quantitative estimate of drug-likeness (QED) is 0.795. The molecule has 0 saturated heterocycles. The van der Waals surface area contributed by atoms with E-state index in [1.807, 2.05) is 0 Å². The van der Waals surface area contributed by atoms with Crippen LogP contribution in [-0.2, 0) is 17.5 Å². The van der Waals surface area contributed by atoms with Gasteiger partial charge in [0.1, 0.15) is 0 Å². The van der Waals surface area contributed by atoms with Crippen molar-refractivity contribution in [1.82, 2.24) is 9.78 Å². The molecule has 7 heteroatoms. The first kappa shape index (κ1) is 10.6. The van der Waals surface area contributed by atoms with Gasteiger partial charge in [0.05, 0.1) is 0 Å². The summed E-state index contributed by atoms with van der Waals surface area (Å²) in [5.41, 5.74) is 3.86. The average molecular weight is 207 g/mol. The zero-order chi connectivity index (χ0) is 10.8. The molecule has 0 aliphatic heterocycles. The highest BCUT2D eigenvalue weighted by molar-refractivity contribution is 5.73. The molecule has 1 rings (SSSR count). The van der Waals surface area contributed by atoms with Crippen molar-refractivity contribution in [3.63, 3.8) is 0 Å². The summed E-state index contributed by atoms with van der Waals surface area (Å²) in [5.74, 6) is -0.575. The predicted octanol–water partition coefficient (Wildman–Crippen LogP) is 0.777. The highest BCUT2D eigenvalue weighted by Gasteiger charge is 2.33. The van der Waals surface area contributed by atoms with Crippen LogP contribution in [0.1, 0.15) is 12.1 Å². The van der Waals surface area contributed by atoms with Crippen LogP contribution < -0.4 is 5.73 Å². The first-order chi connectivity index (χ1) is 6.39. The van der Waals surface area contributed by atoms with Crippen molar-refractivity contribution >= 4 is 5.91 Å². The van der Waals surface area contributed by atoms with Gasteiger partial charge >= 0.3 is 6.18 Å². The Hall–Kier alpha value is -1.53. The number of halogens is 3. The molecule has 4 nitrogen and oxygen atoms in total. The molecule has 0 spiro atoms. The molecule has 0 fully saturated rings. The molecule has 1 aromatic heterocycles. The van der Waals surface area contributed by atoms with Crippen molar-refractivity contribution < 1.29 is 18.0 Å². The van der Waals surface area contributed by atoms with Crippen LogP contribution in [0, 0.1) is 0 Å². The summed E-state index contributed by atoms with van der Waals surface area (Å²) in [4.78, 5) is 10.3. The molecule has 0 unspecified atom stereocenters. The van der Waals surface area contributed by atoms with Crippen LogP contribution in [0.25, 0.3) is 0 Å². The molecule has 78 valence electrons. The van der Waals surface area contributed by atoms with Gasteiger partial charge in [-0.05, 0) is 6.07 Å². The van der Waals surface area contributed by atoms with Crippen LogP contribution in [0.15, 0.2) is 12.3 Å². The van der Waals surface area contributed by atoms with E-state index in [1.165, 1.54) is 0 Å². The molecule has 0 aliphatic rings. The van der Waals surface area contributed by atoms with Gasteiger partial charge in [-0.2, -0.15) is 18.3 Å². The molecule has 1 heterocycles. The Labute approximate surface area is 77.5 Å². The topological polar surface area (TPSA) is 60.9 Å². The summed E-state index contributed by atoms with van der Waals surface area (Å²) >= 11 is 0. The Balaban J connectivity index is 2.64. The van der Waals surface area contributed by atoms with Gasteiger partial charge in [0.2, 0.25) is 5.91 Å². The fraction of sp³-hybridized carbons (Fsp3) is 0.429. The maximum atomic E-state index is 12.0. The lowest BCUT2D eigenvalue weighted by Gasteiger charge is -2.01. The molecular formula is C7H8F3N3O. The smallest absolute Gasteiger partial charge is 0.370 e. The van der Waals surface area contributed by atoms with E-state index in [0.717, 1.165) is 16.9 Å². The molecule has 1 aromatic rings. The predicted molar refractivity (Wildman–Crippen MR) is 41.0 cm³/mol. The Morgan fingerprint density at radius 3 is 2.64 bits per heavy atom. The third-order valence-corrected chi connectivity index (χ3v) is 1.52. The van der Waals surface area contributed by atoms with E-state index in [-0.39, 0.29) is 13.0 Å². The SMILES string of the molecule is NC(=O)CCn1ccc(C(F)(F)F)n1. The van der Waals surface area contributed by atoms with Gasteiger partial charge in [-0.3, -0.25) is 9.48 Å². The molecule has 1 amide bonds. The first-order valence-corrected chi connectivity index (χ1v) is 3.78. The van der Waals surface area contributed by atoms with E-state index >= 15 is 0 Å². The van der Waals surface area contributed by atoms with E-state index in [4.69, 9.17) is 5.73 Å². The van der Waals surface area contributed by atoms with E-state index in [0.29, 0.717) is 0 Å². The second-order valence-corrected chi connectivity index (χ2v) is 2.68. The normalized spacial score (nSPS) is 11.6. The molecule has 0 atom stereocenters. The van der Waals surface area contributed by atoms with Gasteiger partial charge in [-0.25, -0.2) is 0 Å². The minimum atomic E-state index is -4.45. The van der Waals surface area contributed by atoms with Gasteiger partial charge in [-0.1, -0.05) is 0 Å². The fourth-order valence-corrected chi connectivity index (χ4v) is 0.862. The van der Waals surface area contributed by atoms with Crippen LogP contribution in [0.5, 0.6) is 0 Å². The monoisotopic (exact) mass is 207 g/mol. The molecule has 2 N–H and O–H groups in total. The number of rotatable bonds is 3. The van der Waals surface area contributed by atoms with Crippen LogP contribution in [0.3, 0.4) is 0 Å². The number of primary amides is 1. The summed E-state index contributed by atoms with van der Waals surface area (Å²) in [6, 6.07) is 0.848. The molecule has 0 bridgehead atoms. The molecule has 14 heavy (non-hydrogen) atoms. The number of alkyl halides is 3. The van der Waals surface area contributed by atoms with Crippen molar-refractivity contribution in [2.45, 2.75) is 19.1 Å². The first-order valence-electron chi connectivity index (χ1n) is 3.78. The van der Waals surface area contributed by atoms with Crippen LogP contribution in [0.4, 0.5) is 13.2 Å². The van der Waals surface area contributed by atoms with Crippen molar-refractivity contribution in [3.05, 3.63) is 18.0 Å². The number of aromatic nitrogens is 2. The highest BCUT2D eigenvalue weighted by Crippen LogP contribution is 2.27. The molecular weight excluding hydrogens is 199 g/mol. The molecule has 0 aliphatic carbocycles. The van der Waals surface area contributed by atoms with Crippen LogP contribution in [-0.4, -0.2) is 15.7 Å². The summed E-state index contributed by atoms with van der Waals surface area (Å²) < 4.78 is 37.1. The van der Waals surface area contributed by atoms with E-state index in [1.54, 1.807) is 0 Å². The zero-order valence-corrected chi connectivity index (χ0v) is 7.08. The lowest BCUT2D eigenvalue weighted by molar-refractivity contribution is -0.141. The largest absolute Gasteiger partial charge is 0.435 e. The Morgan fingerprint density at radius 2 is 2.21 bits per heavy atom. The third kappa shape index (κ3) is 2.75. The number of nitrogens with zero attached hydrogens (tertiary/aromatic N) is 2. The molecule has 0 aromatic carbocycles. The standard InChI is InChI=1S/C7H8F3N3O/c8-7(9,10)5-1-3-13(12-5)4-2-6(11)14/h1,3H,2,4H2,(H2,11,14). The Bertz CT molecular complexity index is 331. The van der Waals surface area contributed by atoms with E-state index < -0.39 is 17.8 Å². The maximum Gasteiger partial charge on any atom is 0.435 e. The van der Waals surface area contributed by atoms with Crippen molar-refractivity contribution in [2.24, 2.45) is 5.73 Å². The minimum Gasteiger partial charge on any atom is -0.370 e. The second kappa shape index (κ2) is 3.69. The molecule has 0 radical (unpaired) electrons. The minimum absolute atomic E-state index is 0.0288. The fourth-order valence-electron chi connectivity index (χ4n) is 0.862. The Morgan fingerprint density at radius 1 is 1.57 bits per heavy atom. The van der Waals surface area contributed by atoms with Gasteiger partial charge in [0.15, 0.2) is 5.69 Å². The lowest BCUT2D eigenvalue weighted by atomic mass is 10.4. The second-order valence-electron chi connectivity index (χ2n) is 2.68. The van der Waals surface area contributed by atoms with Gasteiger partial charge in [-0.15, -0.1) is 0 Å². The summed E-state index contributed by atoms with van der Waals surface area (Å²) in [6.07, 6.45) is -3.32. The number of carbonyl (C=O) groups is 1. The number of amides is 1. The maximum absolute atomic E-state index is 12.0. The number of aryl methyl sites for hydroxylation is 1. The van der Waals surface area contributed by atoms with Gasteiger partial charge in [0.25, 0.3) is 0 Å². The van der Waals surface area contributed by atoms with Crippen LogP contribution in [0.2, 0.25) is 0 Å². The Kier molecular flexibility index (Phi) is 2.78. The van der Waals surface area contributed by atoms with Crippen molar-refractivity contribution in [2.75, 3.05) is 0 Å². The van der Waals surface area contributed by atoms with Crippen molar-refractivity contribution in [1.29, 1.82) is 0 Å². The van der Waals surface area contributed by atoms with Crippen molar-refractivity contribution in [3.8, 4) is 0 Å². The zero-order valence-electron chi connectivity index (χ0n) is 7.08. The summed E-state index contributed by atoms with van der Waals surface area (Å²) in [6.45, 7) is 0.0609. The number of carbonyl (C=O) groups excluding carboxylic acids is 1. The number of hydrogen-bond acceptors (Lipinski definition) is 2. The summed E-state index contributed by atoms with van der Waals surface area (Å²) in [7, 11) is 0. The number of hydrogen-bond donors (Lipinski definition) is 1. The van der Waals surface area contributed by atoms with E-state index in [2.05, 4.69) is 5.10 Å². The lowest BCUT2D eigenvalue weighted by Crippen LogP contribution is -2.15.